The maximum absolute atomic E-state index is 12.2. The molecule has 3 N–H and O–H groups in total. The number of benzene rings is 1. The zero-order chi connectivity index (χ0) is 14.8. The average molecular weight is 312 g/mol. The SMILES string of the molecule is COc1cc(S(=O)(=O)NCc2ccc(C)s2)ccc1N. The van der Waals surface area contributed by atoms with Crippen LogP contribution in [0.5, 0.6) is 5.75 Å². The Kier molecular flexibility index (Phi) is 4.32. The van der Waals surface area contributed by atoms with Gasteiger partial charge in [-0.1, -0.05) is 0 Å². The minimum atomic E-state index is -3.58. The summed E-state index contributed by atoms with van der Waals surface area (Å²) in [5.74, 6) is 0.347. The Bertz CT molecular complexity index is 708. The number of thiophene rings is 1. The molecule has 0 bridgehead atoms. The largest absolute Gasteiger partial charge is 0.495 e. The second-order valence-corrected chi connectivity index (χ2v) is 7.38. The third-order valence-electron chi connectivity index (χ3n) is 2.75. The van der Waals surface area contributed by atoms with Gasteiger partial charge in [-0.15, -0.1) is 11.3 Å². The van der Waals surface area contributed by atoms with Gasteiger partial charge in [0.05, 0.1) is 17.7 Å². The molecule has 0 aliphatic heterocycles. The molecule has 1 heterocycles. The van der Waals surface area contributed by atoms with Gasteiger partial charge in [-0.2, -0.15) is 0 Å². The van der Waals surface area contributed by atoms with Crippen LogP contribution >= 0.6 is 11.3 Å². The van der Waals surface area contributed by atoms with E-state index in [1.807, 2.05) is 19.1 Å². The van der Waals surface area contributed by atoms with E-state index >= 15 is 0 Å². The van der Waals surface area contributed by atoms with E-state index in [9.17, 15) is 8.42 Å². The summed E-state index contributed by atoms with van der Waals surface area (Å²) in [5.41, 5.74) is 6.08. The van der Waals surface area contributed by atoms with Crippen LogP contribution in [0.2, 0.25) is 0 Å². The molecule has 0 radical (unpaired) electrons. The van der Waals surface area contributed by atoms with Crippen molar-refractivity contribution in [1.29, 1.82) is 0 Å². The number of nitrogens with one attached hydrogen (secondary N) is 1. The molecule has 0 aliphatic carbocycles. The number of nitrogen functional groups attached to an aromatic ring is 1. The zero-order valence-corrected chi connectivity index (χ0v) is 12.8. The molecule has 1 aromatic carbocycles. The fraction of sp³-hybridized carbons (Fsp3) is 0.231. The molecule has 2 aromatic rings. The van der Waals surface area contributed by atoms with E-state index in [0.29, 0.717) is 11.4 Å². The summed E-state index contributed by atoms with van der Waals surface area (Å²) >= 11 is 1.56. The van der Waals surface area contributed by atoms with Crippen molar-refractivity contribution in [3.05, 3.63) is 40.1 Å². The molecule has 1 aromatic heterocycles. The minimum absolute atomic E-state index is 0.136. The second kappa shape index (κ2) is 5.82. The van der Waals surface area contributed by atoms with Crippen LogP contribution in [-0.2, 0) is 16.6 Å². The number of rotatable bonds is 5. The minimum Gasteiger partial charge on any atom is -0.495 e. The first-order chi connectivity index (χ1) is 9.42. The number of nitrogens with two attached hydrogens (primary N) is 1. The fourth-order valence-electron chi connectivity index (χ4n) is 1.69. The monoisotopic (exact) mass is 312 g/mol. The maximum Gasteiger partial charge on any atom is 0.241 e. The van der Waals surface area contributed by atoms with E-state index in [0.717, 1.165) is 9.75 Å². The lowest BCUT2D eigenvalue weighted by Gasteiger charge is -2.09. The summed E-state index contributed by atoms with van der Waals surface area (Å²) < 4.78 is 32.0. The van der Waals surface area contributed by atoms with Crippen LogP contribution < -0.4 is 15.2 Å². The Morgan fingerprint density at radius 3 is 2.65 bits per heavy atom. The summed E-state index contributed by atoms with van der Waals surface area (Å²) in [6.07, 6.45) is 0. The Morgan fingerprint density at radius 1 is 1.30 bits per heavy atom. The van der Waals surface area contributed by atoms with Gasteiger partial charge >= 0.3 is 0 Å². The van der Waals surface area contributed by atoms with E-state index in [4.69, 9.17) is 10.5 Å². The van der Waals surface area contributed by atoms with Gasteiger partial charge in [-0.25, -0.2) is 13.1 Å². The fourth-order valence-corrected chi connectivity index (χ4v) is 3.63. The van der Waals surface area contributed by atoms with Crippen molar-refractivity contribution >= 4 is 27.0 Å². The molecule has 0 saturated carbocycles. The molecule has 5 nitrogen and oxygen atoms in total. The third-order valence-corrected chi connectivity index (χ3v) is 5.15. The summed E-state index contributed by atoms with van der Waals surface area (Å²) in [5, 5.41) is 0. The predicted octanol–water partition coefficient (Wildman–Crippen LogP) is 2.13. The smallest absolute Gasteiger partial charge is 0.241 e. The van der Waals surface area contributed by atoms with Crippen molar-refractivity contribution in [2.75, 3.05) is 12.8 Å². The number of hydrogen-bond donors (Lipinski definition) is 2. The number of hydrogen-bond acceptors (Lipinski definition) is 5. The van der Waals surface area contributed by atoms with Crippen molar-refractivity contribution in [3.8, 4) is 5.75 Å². The van der Waals surface area contributed by atoms with Crippen molar-refractivity contribution in [2.45, 2.75) is 18.4 Å². The van der Waals surface area contributed by atoms with Crippen molar-refractivity contribution in [3.63, 3.8) is 0 Å². The van der Waals surface area contributed by atoms with Crippen molar-refractivity contribution in [2.24, 2.45) is 0 Å². The molecule has 2 rings (SSSR count). The van der Waals surface area contributed by atoms with Gasteiger partial charge in [0.1, 0.15) is 5.75 Å². The van der Waals surface area contributed by atoms with Crippen LogP contribution in [0.1, 0.15) is 9.75 Å². The summed E-state index contributed by atoms with van der Waals surface area (Å²) in [6.45, 7) is 2.25. The topological polar surface area (TPSA) is 81.4 Å². The lowest BCUT2D eigenvalue weighted by atomic mass is 10.3. The summed E-state index contributed by atoms with van der Waals surface area (Å²) in [7, 11) is -2.13. The highest BCUT2D eigenvalue weighted by atomic mass is 32.2. The molecule has 108 valence electrons. The number of sulfonamides is 1. The van der Waals surface area contributed by atoms with Crippen molar-refractivity contribution < 1.29 is 13.2 Å². The van der Waals surface area contributed by atoms with Gasteiger partial charge in [0.2, 0.25) is 10.0 Å². The van der Waals surface area contributed by atoms with Crippen LogP contribution in [0.4, 0.5) is 5.69 Å². The van der Waals surface area contributed by atoms with Gasteiger partial charge in [0.25, 0.3) is 0 Å². The number of methoxy groups -OCH3 is 1. The Balaban J connectivity index is 2.17. The van der Waals surface area contributed by atoms with Crippen molar-refractivity contribution in [1.82, 2.24) is 4.72 Å². The second-order valence-electron chi connectivity index (χ2n) is 4.24. The molecule has 20 heavy (non-hydrogen) atoms. The standard InChI is InChI=1S/C13H16N2O3S2/c1-9-3-4-10(19-9)8-15-20(16,17)11-5-6-12(14)13(7-11)18-2/h3-7,15H,8,14H2,1-2H3. The highest BCUT2D eigenvalue weighted by Gasteiger charge is 2.16. The van der Waals surface area contributed by atoms with E-state index in [2.05, 4.69) is 4.72 Å². The first-order valence-electron chi connectivity index (χ1n) is 5.91. The van der Waals surface area contributed by atoms with Crippen LogP contribution in [0.25, 0.3) is 0 Å². The maximum atomic E-state index is 12.2. The zero-order valence-electron chi connectivity index (χ0n) is 11.2. The van der Waals surface area contributed by atoms with Gasteiger partial charge in [-0.3, -0.25) is 0 Å². The van der Waals surface area contributed by atoms with E-state index in [1.54, 1.807) is 11.3 Å². The van der Waals surface area contributed by atoms with E-state index < -0.39 is 10.0 Å². The molecular formula is C13H16N2O3S2. The molecule has 0 saturated heterocycles. The summed E-state index contributed by atoms with van der Waals surface area (Å²) in [4.78, 5) is 2.25. The highest BCUT2D eigenvalue weighted by Crippen LogP contribution is 2.25. The summed E-state index contributed by atoms with van der Waals surface area (Å²) in [6, 6.07) is 8.26. The highest BCUT2D eigenvalue weighted by molar-refractivity contribution is 7.89. The molecule has 0 fully saturated rings. The number of anilines is 1. The Hall–Kier alpha value is -1.57. The molecule has 0 amide bonds. The normalized spacial score (nSPS) is 11.5. The quantitative estimate of drug-likeness (QED) is 0.829. The first kappa shape index (κ1) is 14.8. The van der Waals surface area contributed by atoms with Gasteiger partial charge < -0.3 is 10.5 Å². The molecule has 0 unspecified atom stereocenters. The van der Waals surface area contributed by atoms with Crippen LogP contribution in [0.15, 0.2) is 35.2 Å². The molecule has 0 atom stereocenters. The van der Waals surface area contributed by atoms with Crippen LogP contribution in [-0.4, -0.2) is 15.5 Å². The van der Waals surface area contributed by atoms with E-state index in [-0.39, 0.29) is 11.4 Å². The Labute approximate surface area is 122 Å². The van der Waals surface area contributed by atoms with E-state index in [1.165, 1.54) is 25.3 Å². The molecule has 7 heteroatoms. The lowest BCUT2D eigenvalue weighted by molar-refractivity contribution is 0.415. The molecule has 0 spiro atoms. The average Bonchev–Trinajstić information content (AvgIpc) is 2.83. The molecular weight excluding hydrogens is 296 g/mol. The van der Waals surface area contributed by atoms with Gasteiger partial charge in [-0.05, 0) is 31.2 Å². The lowest BCUT2D eigenvalue weighted by Crippen LogP contribution is -2.22. The van der Waals surface area contributed by atoms with Gasteiger partial charge in [0.15, 0.2) is 0 Å². The van der Waals surface area contributed by atoms with Crippen LogP contribution in [0.3, 0.4) is 0 Å². The van der Waals surface area contributed by atoms with Crippen LogP contribution in [0, 0.1) is 6.92 Å². The molecule has 0 aliphatic rings. The number of aryl methyl sites for hydroxylation is 1. The first-order valence-corrected chi connectivity index (χ1v) is 8.21. The number of ether oxygens (including phenoxy) is 1. The van der Waals surface area contributed by atoms with Gasteiger partial charge in [0, 0.05) is 22.4 Å². The Morgan fingerprint density at radius 2 is 2.05 bits per heavy atom. The predicted molar refractivity (Wildman–Crippen MR) is 80.5 cm³/mol. The third kappa shape index (κ3) is 3.30.